The zero-order valence-electron chi connectivity index (χ0n) is 8.75. The lowest BCUT2D eigenvalue weighted by Crippen LogP contribution is -1.98. The summed E-state index contributed by atoms with van der Waals surface area (Å²) >= 11 is 1.14. The van der Waals surface area contributed by atoms with Crippen LogP contribution in [0.3, 0.4) is 0 Å². The van der Waals surface area contributed by atoms with E-state index in [4.69, 9.17) is 5.11 Å². The third-order valence-electron chi connectivity index (χ3n) is 2.17. The van der Waals surface area contributed by atoms with Gasteiger partial charge in [0.25, 0.3) is 0 Å². The second-order valence-corrected chi connectivity index (χ2v) is 4.00. The average molecular weight is 237 g/mol. The lowest BCUT2D eigenvalue weighted by Gasteiger charge is -1.95. The Labute approximate surface area is 96.5 Å². The molecule has 16 heavy (non-hydrogen) atoms. The van der Waals surface area contributed by atoms with E-state index in [9.17, 15) is 4.79 Å². The van der Waals surface area contributed by atoms with E-state index in [1.165, 1.54) is 0 Å². The highest BCUT2D eigenvalue weighted by Gasteiger charge is 2.15. The Bertz CT molecular complexity index is 504. The molecule has 0 aromatic carbocycles. The number of hydrogen-bond acceptors (Lipinski definition) is 4. The number of carbonyl (C=O) groups is 1. The number of aromatic carboxylic acids is 1. The van der Waals surface area contributed by atoms with Crippen LogP contribution in [0.4, 0.5) is 0 Å². The fraction of sp³-hybridized carbons (Fsp3) is 0.300. The van der Waals surface area contributed by atoms with E-state index in [0.29, 0.717) is 5.56 Å². The van der Waals surface area contributed by atoms with E-state index in [-0.39, 0.29) is 5.69 Å². The van der Waals surface area contributed by atoms with Crippen molar-refractivity contribution in [3.8, 4) is 11.1 Å². The number of carboxylic acids is 1. The Morgan fingerprint density at radius 1 is 1.62 bits per heavy atom. The molecule has 0 radical (unpaired) electrons. The van der Waals surface area contributed by atoms with Crippen molar-refractivity contribution in [2.24, 2.45) is 0 Å². The van der Waals surface area contributed by atoms with Gasteiger partial charge in [0.1, 0.15) is 0 Å². The van der Waals surface area contributed by atoms with E-state index < -0.39 is 5.97 Å². The van der Waals surface area contributed by atoms with Gasteiger partial charge in [0.05, 0.1) is 6.20 Å². The predicted octanol–water partition coefficient (Wildman–Crippen LogP) is 2.11. The minimum Gasteiger partial charge on any atom is -0.476 e. The lowest BCUT2D eigenvalue weighted by molar-refractivity contribution is 0.0693. The number of aromatic nitrogens is 3. The standard InChI is InChI=1S/C10H11N3O2S/c1-2-3-13-5-7(4-11-13)8-6-16-12-9(8)10(14)15/h4-6H,2-3H2,1H3,(H,14,15). The van der Waals surface area contributed by atoms with Gasteiger partial charge >= 0.3 is 5.97 Å². The zero-order valence-corrected chi connectivity index (χ0v) is 9.57. The molecule has 2 aromatic heterocycles. The van der Waals surface area contributed by atoms with Crippen molar-refractivity contribution in [2.75, 3.05) is 0 Å². The van der Waals surface area contributed by atoms with Crippen LogP contribution in [0, 0.1) is 0 Å². The zero-order chi connectivity index (χ0) is 11.5. The van der Waals surface area contributed by atoms with Gasteiger partial charge in [0.2, 0.25) is 0 Å². The van der Waals surface area contributed by atoms with Gasteiger partial charge in [-0.3, -0.25) is 4.68 Å². The van der Waals surface area contributed by atoms with Gasteiger partial charge in [-0.15, -0.1) is 0 Å². The first-order chi connectivity index (χ1) is 7.72. The van der Waals surface area contributed by atoms with E-state index in [1.54, 1.807) is 16.3 Å². The Morgan fingerprint density at radius 3 is 3.12 bits per heavy atom. The number of aryl methyl sites for hydroxylation is 1. The maximum absolute atomic E-state index is 10.9. The molecule has 2 rings (SSSR count). The summed E-state index contributed by atoms with van der Waals surface area (Å²) in [5.41, 5.74) is 1.54. The molecule has 1 N–H and O–H groups in total. The van der Waals surface area contributed by atoms with Crippen molar-refractivity contribution in [2.45, 2.75) is 19.9 Å². The smallest absolute Gasteiger partial charge is 0.356 e. The third kappa shape index (κ3) is 1.96. The first-order valence-corrected chi connectivity index (χ1v) is 5.76. The lowest BCUT2D eigenvalue weighted by atomic mass is 10.1. The number of rotatable bonds is 4. The summed E-state index contributed by atoms with van der Waals surface area (Å²) in [4.78, 5) is 10.9. The number of carboxylic acid groups (broad SMARTS) is 1. The van der Waals surface area contributed by atoms with Gasteiger partial charge in [0, 0.05) is 29.2 Å². The summed E-state index contributed by atoms with van der Waals surface area (Å²) in [6, 6.07) is 0. The highest BCUT2D eigenvalue weighted by molar-refractivity contribution is 7.04. The van der Waals surface area contributed by atoms with Gasteiger partial charge in [-0.1, -0.05) is 6.92 Å². The summed E-state index contributed by atoms with van der Waals surface area (Å²) < 4.78 is 5.66. The molecule has 6 heteroatoms. The van der Waals surface area contributed by atoms with Gasteiger partial charge < -0.3 is 5.11 Å². The molecule has 84 valence electrons. The number of hydrogen-bond donors (Lipinski definition) is 1. The molecule has 0 atom stereocenters. The Morgan fingerprint density at radius 2 is 2.44 bits per heavy atom. The van der Waals surface area contributed by atoms with E-state index >= 15 is 0 Å². The van der Waals surface area contributed by atoms with Crippen LogP contribution in [-0.2, 0) is 6.54 Å². The van der Waals surface area contributed by atoms with Crippen LogP contribution in [0.25, 0.3) is 11.1 Å². The van der Waals surface area contributed by atoms with Crippen LogP contribution in [0.5, 0.6) is 0 Å². The van der Waals surface area contributed by atoms with Crippen molar-refractivity contribution >= 4 is 17.5 Å². The van der Waals surface area contributed by atoms with Gasteiger partial charge in [-0.25, -0.2) is 4.79 Å². The van der Waals surface area contributed by atoms with Crippen molar-refractivity contribution in [1.29, 1.82) is 0 Å². The topological polar surface area (TPSA) is 68.0 Å². The van der Waals surface area contributed by atoms with Crippen LogP contribution in [0.2, 0.25) is 0 Å². The fourth-order valence-electron chi connectivity index (χ4n) is 1.45. The average Bonchev–Trinajstić information content (AvgIpc) is 2.83. The summed E-state index contributed by atoms with van der Waals surface area (Å²) in [5, 5.41) is 14.8. The largest absolute Gasteiger partial charge is 0.476 e. The Kier molecular flexibility index (Phi) is 3.00. The quantitative estimate of drug-likeness (QED) is 0.884. The highest BCUT2D eigenvalue weighted by Crippen LogP contribution is 2.24. The fourth-order valence-corrected chi connectivity index (χ4v) is 2.14. The van der Waals surface area contributed by atoms with E-state index in [1.807, 2.05) is 6.20 Å². The molecule has 0 fully saturated rings. The minimum atomic E-state index is -1.00. The summed E-state index contributed by atoms with van der Waals surface area (Å²) in [6.07, 6.45) is 4.51. The van der Waals surface area contributed by atoms with Crippen molar-refractivity contribution < 1.29 is 9.90 Å². The van der Waals surface area contributed by atoms with Crippen molar-refractivity contribution in [3.63, 3.8) is 0 Å². The normalized spacial score (nSPS) is 10.6. The van der Waals surface area contributed by atoms with Crippen LogP contribution in [0.1, 0.15) is 23.8 Å². The molecule has 0 spiro atoms. The molecule has 0 aliphatic rings. The SMILES string of the molecule is CCCn1cc(-c2csnc2C(=O)O)cn1. The van der Waals surface area contributed by atoms with Crippen LogP contribution in [-0.4, -0.2) is 25.2 Å². The first-order valence-electron chi connectivity index (χ1n) is 4.93. The van der Waals surface area contributed by atoms with Crippen LogP contribution in [0.15, 0.2) is 17.8 Å². The van der Waals surface area contributed by atoms with Crippen molar-refractivity contribution in [1.82, 2.24) is 14.2 Å². The third-order valence-corrected chi connectivity index (χ3v) is 2.80. The van der Waals surface area contributed by atoms with Gasteiger partial charge in [0.15, 0.2) is 5.69 Å². The molecule has 0 aliphatic carbocycles. The minimum absolute atomic E-state index is 0.0982. The molecule has 0 unspecified atom stereocenters. The predicted molar refractivity (Wildman–Crippen MR) is 60.6 cm³/mol. The first kappa shape index (κ1) is 10.8. The Balaban J connectivity index is 2.35. The molecule has 0 saturated heterocycles. The second-order valence-electron chi connectivity index (χ2n) is 3.37. The maximum Gasteiger partial charge on any atom is 0.356 e. The maximum atomic E-state index is 10.9. The van der Waals surface area contributed by atoms with E-state index in [0.717, 1.165) is 30.1 Å². The van der Waals surface area contributed by atoms with E-state index in [2.05, 4.69) is 16.4 Å². The summed E-state index contributed by atoms with van der Waals surface area (Å²) in [5.74, 6) is -1.00. The second kappa shape index (κ2) is 4.44. The molecule has 0 amide bonds. The molecular weight excluding hydrogens is 226 g/mol. The monoisotopic (exact) mass is 237 g/mol. The summed E-state index contributed by atoms with van der Waals surface area (Å²) in [6.45, 7) is 2.90. The highest BCUT2D eigenvalue weighted by atomic mass is 32.1. The van der Waals surface area contributed by atoms with Crippen LogP contribution >= 0.6 is 11.5 Å². The van der Waals surface area contributed by atoms with Gasteiger partial charge in [-0.05, 0) is 18.0 Å². The molecule has 5 nitrogen and oxygen atoms in total. The molecule has 2 heterocycles. The number of nitrogens with zero attached hydrogens (tertiary/aromatic N) is 3. The van der Waals surface area contributed by atoms with Crippen LogP contribution < -0.4 is 0 Å². The molecule has 0 aliphatic heterocycles. The Hall–Kier alpha value is -1.69. The molecule has 2 aromatic rings. The molecular formula is C10H11N3O2S. The summed E-state index contributed by atoms with van der Waals surface area (Å²) in [7, 11) is 0. The van der Waals surface area contributed by atoms with Gasteiger partial charge in [-0.2, -0.15) is 9.47 Å². The van der Waals surface area contributed by atoms with Crippen molar-refractivity contribution in [3.05, 3.63) is 23.5 Å². The molecule has 0 bridgehead atoms. The molecule has 0 saturated carbocycles.